The molecule has 1 aliphatic heterocycles. The van der Waals surface area contributed by atoms with Crippen LogP contribution in [0.25, 0.3) is 0 Å². The van der Waals surface area contributed by atoms with Crippen molar-refractivity contribution in [3.63, 3.8) is 0 Å². The predicted octanol–water partition coefficient (Wildman–Crippen LogP) is 3.13. The van der Waals surface area contributed by atoms with Gasteiger partial charge in [0.2, 0.25) is 0 Å². The first-order valence-electron chi connectivity index (χ1n) is 7.36. The van der Waals surface area contributed by atoms with E-state index in [0.29, 0.717) is 11.5 Å². The maximum Gasteiger partial charge on any atom is 0.0192 e. The Labute approximate surface area is 108 Å². The molecule has 0 radical (unpaired) electrons. The van der Waals surface area contributed by atoms with Crippen LogP contribution in [0.3, 0.4) is 0 Å². The molecule has 1 saturated heterocycles. The van der Waals surface area contributed by atoms with Crippen molar-refractivity contribution in [2.75, 3.05) is 26.2 Å². The Morgan fingerprint density at radius 1 is 1.00 bits per heavy atom. The maximum atomic E-state index is 3.65. The summed E-state index contributed by atoms with van der Waals surface area (Å²) in [5.41, 5.74) is 0.418. The minimum Gasteiger partial charge on any atom is -0.315 e. The van der Waals surface area contributed by atoms with E-state index < -0.39 is 0 Å². The number of nitrogens with zero attached hydrogens (tertiary/aromatic N) is 1. The number of hydrogen-bond acceptors (Lipinski definition) is 2. The van der Waals surface area contributed by atoms with E-state index in [4.69, 9.17) is 0 Å². The third kappa shape index (κ3) is 5.39. The molecule has 0 aromatic carbocycles. The lowest BCUT2D eigenvalue weighted by atomic mass is 9.82. The standard InChI is InChI=1S/C15H32N2/c1-13(15(3,4)5)11-16-12-14(2)17-9-7-6-8-10-17/h13-14,16H,6-12H2,1-5H3. The monoisotopic (exact) mass is 240 g/mol. The van der Waals surface area contributed by atoms with Gasteiger partial charge in [0.15, 0.2) is 0 Å². The summed E-state index contributed by atoms with van der Waals surface area (Å²) in [6.45, 7) is 16.6. The van der Waals surface area contributed by atoms with E-state index in [1.807, 2.05) is 0 Å². The molecule has 0 aliphatic carbocycles. The van der Waals surface area contributed by atoms with Gasteiger partial charge in [-0.15, -0.1) is 0 Å². The molecule has 17 heavy (non-hydrogen) atoms. The molecule has 1 heterocycles. The first kappa shape index (κ1) is 15.0. The molecular formula is C15H32N2. The summed E-state index contributed by atoms with van der Waals surface area (Å²) >= 11 is 0. The van der Waals surface area contributed by atoms with Crippen LogP contribution in [-0.2, 0) is 0 Å². The average molecular weight is 240 g/mol. The summed E-state index contributed by atoms with van der Waals surface area (Å²) in [7, 11) is 0. The van der Waals surface area contributed by atoms with Gasteiger partial charge < -0.3 is 5.32 Å². The van der Waals surface area contributed by atoms with E-state index in [2.05, 4.69) is 44.8 Å². The van der Waals surface area contributed by atoms with Crippen molar-refractivity contribution >= 4 is 0 Å². The molecule has 1 N–H and O–H groups in total. The third-order valence-corrected chi connectivity index (χ3v) is 4.38. The van der Waals surface area contributed by atoms with Crippen molar-refractivity contribution in [1.29, 1.82) is 0 Å². The van der Waals surface area contributed by atoms with Gasteiger partial charge in [-0.2, -0.15) is 0 Å². The first-order chi connectivity index (χ1) is 7.91. The van der Waals surface area contributed by atoms with E-state index in [1.54, 1.807) is 0 Å². The van der Waals surface area contributed by atoms with Crippen molar-refractivity contribution < 1.29 is 0 Å². The molecule has 0 saturated carbocycles. The molecule has 0 amide bonds. The van der Waals surface area contributed by atoms with Crippen LogP contribution in [-0.4, -0.2) is 37.1 Å². The van der Waals surface area contributed by atoms with Crippen molar-refractivity contribution in [3.05, 3.63) is 0 Å². The Balaban J connectivity index is 2.17. The van der Waals surface area contributed by atoms with Crippen LogP contribution in [0.15, 0.2) is 0 Å². The highest BCUT2D eigenvalue weighted by Crippen LogP contribution is 2.24. The van der Waals surface area contributed by atoms with Crippen molar-refractivity contribution in [2.24, 2.45) is 11.3 Å². The van der Waals surface area contributed by atoms with Gasteiger partial charge in [-0.05, 0) is 50.7 Å². The van der Waals surface area contributed by atoms with Crippen LogP contribution in [0.1, 0.15) is 53.9 Å². The van der Waals surface area contributed by atoms with Gasteiger partial charge in [0.05, 0.1) is 0 Å². The molecule has 1 rings (SSSR count). The van der Waals surface area contributed by atoms with E-state index in [0.717, 1.165) is 19.0 Å². The Morgan fingerprint density at radius 2 is 1.59 bits per heavy atom. The van der Waals surface area contributed by atoms with E-state index in [9.17, 15) is 0 Å². The predicted molar refractivity (Wildman–Crippen MR) is 76.4 cm³/mol. The second kappa shape index (κ2) is 6.75. The van der Waals surface area contributed by atoms with Crippen LogP contribution < -0.4 is 5.32 Å². The molecule has 0 spiro atoms. The molecule has 1 aliphatic rings. The lowest BCUT2D eigenvalue weighted by Crippen LogP contribution is -2.44. The van der Waals surface area contributed by atoms with Crippen LogP contribution in [0.4, 0.5) is 0 Å². The third-order valence-electron chi connectivity index (χ3n) is 4.38. The molecular weight excluding hydrogens is 208 g/mol. The van der Waals surface area contributed by atoms with Crippen molar-refractivity contribution in [1.82, 2.24) is 10.2 Å². The smallest absolute Gasteiger partial charge is 0.0192 e. The second-order valence-electron chi connectivity index (χ2n) is 6.87. The summed E-state index contributed by atoms with van der Waals surface area (Å²) in [5, 5.41) is 3.65. The van der Waals surface area contributed by atoms with Crippen LogP contribution in [0, 0.1) is 11.3 Å². The van der Waals surface area contributed by atoms with Gasteiger partial charge in [-0.3, -0.25) is 4.90 Å². The van der Waals surface area contributed by atoms with Crippen LogP contribution in [0.2, 0.25) is 0 Å². The fourth-order valence-corrected chi connectivity index (χ4v) is 2.30. The van der Waals surface area contributed by atoms with Gasteiger partial charge in [0, 0.05) is 12.6 Å². The number of likely N-dealkylation sites (tertiary alicyclic amines) is 1. The highest BCUT2D eigenvalue weighted by molar-refractivity contribution is 4.76. The van der Waals surface area contributed by atoms with Crippen molar-refractivity contribution in [3.8, 4) is 0 Å². The first-order valence-corrected chi connectivity index (χ1v) is 7.36. The van der Waals surface area contributed by atoms with Crippen molar-refractivity contribution in [2.45, 2.75) is 59.9 Å². The molecule has 102 valence electrons. The Bertz CT molecular complexity index is 201. The van der Waals surface area contributed by atoms with Crippen LogP contribution >= 0.6 is 0 Å². The largest absolute Gasteiger partial charge is 0.315 e. The SMILES string of the molecule is CC(CNCC(C)C(C)(C)C)N1CCCCC1. The quantitative estimate of drug-likeness (QED) is 0.794. The average Bonchev–Trinajstić information content (AvgIpc) is 2.28. The summed E-state index contributed by atoms with van der Waals surface area (Å²) in [6, 6.07) is 0.697. The zero-order chi connectivity index (χ0) is 12.9. The van der Waals surface area contributed by atoms with E-state index in [-0.39, 0.29) is 0 Å². The van der Waals surface area contributed by atoms with E-state index >= 15 is 0 Å². The Morgan fingerprint density at radius 3 is 2.12 bits per heavy atom. The summed E-state index contributed by atoms with van der Waals surface area (Å²) < 4.78 is 0. The lowest BCUT2D eigenvalue weighted by Gasteiger charge is -2.33. The molecule has 0 aromatic rings. The Hall–Kier alpha value is -0.0800. The molecule has 0 bridgehead atoms. The maximum absolute atomic E-state index is 3.65. The van der Waals surface area contributed by atoms with Crippen LogP contribution in [0.5, 0.6) is 0 Å². The fourth-order valence-electron chi connectivity index (χ4n) is 2.30. The molecule has 2 heteroatoms. The lowest BCUT2D eigenvalue weighted by molar-refractivity contribution is 0.165. The highest BCUT2D eigenvalue weighted by atomic mass is 15.2. The number of hydrogen-bond donors (Lipinski definition) is 1. The van der Waals surface area contributed by atoms with E-state index in [1.165, 1.54) is 32.4 Å². The molecule has 2 nitrogen and oxygen atoms in total. The van der Waals surface area contributed by atoms with Gasteiger partial charge in [0.1, 0.15) is 0 Å². The van der Waals surface area contributed by atoms with Gasteiger partial charge in [-0.25, -0.2) is 0 Å². The number of rotatable bonds is 5. The minimum absolute atomic E-state index is 0.418. The summed E-state index contributed by atoms with van der Waals surface area (Å²) in [6.07, 6.45) is 4.21. The zero-order valence-corrected chi connectivity index (χ0v) is 12.6. The normalized spacial score (nSPS) is 22.4. The fraction of sp³-hybridized carbons (Fsp3) is 1.00. The second-order valence-corrected chi connectivity index (χ2v) is 6.87. The number of nitrogens with one attached hydrogen (secondary N) is 1. The molecule has 2 atom stereocenters. The molecule has 0 aromatic heterocycles. The van der Waals surface area contributed by atoms with Gasteiger partial charge >= 0.3 is 0 Å². The number of piperidine rings is 1. The summed E-state index contributed by atoms with van der Waals surface area (Å²) in [5.74, 6) is 0.732. The zero-order valence-electron chi connectivity index (χ0n) is 12.6. The highest BCUT2D eigenvalue weighted by Gasteiger charge is 2.20. The van der Waals surface area contributed by atoms with Gasteiger partial charge in [-0.1, -0.05) is 34.1 Å². The minimum atomic E-state index is 0.418. The molecule has 1 fully saturated rings. The molecule has 2 unspecified atom stereocenters. The topological polar surface area (TPSA) is 15.3 Å². The Kier molecular flexibility index (Phi) is 5.94. The summed E-state index contributed by atoms with van der Waals surface area (Å²) in [4.78, 5) is 2.64. The van der Waals surface area contributed by atoms with Gasteiger partial charge in [0.25, 0.3) is 0 Å².